The van der Waals surface area contributed by atoms with E-state index < -0.39 is 0 Å². The second-order valence-corrected chi connectivity index (χ2v) is 4.76. The van der Waals surface area contributed by atoms with Crippen molar-refractivity contribution in [3.63, 3.8) is 0 Å². The third kappa shape index (κ3) is 2.71. The lowest BCUT2D eigenvalue weighted by atomic mass is 9.93. The van der Waals surface area contributed by atoms with Gasteiger partial charge in [0.25, 0.3) is 0 Å². The van der Waals surface area contributed by atoms with Gasteiger partial charge >= 0.3 is 0 Å². The van der Waals surface area contributed by atoms with E-state index in [0.717, 1.165) is 32.0 Å². The summed E-state index contributed by atoms with van der Waals surface area (Å²) in [7, 11) is 1.74. The summed E-state index contributed by atoms with van der Waals surface area (Å²) in [5.74, 6) is 0.456. The van der Waals surface area contributed by atoms with Crippen molar-refractivity contribution in [2.24, 2.45) is 12.2 Å². The van der Waals surface area contributed by atoms with E-state index in [2.05, 4.69) is 15.1 Å². The molecule has 0 N–H and O–H groups in total. The number of carbonyl (C=O) groups excluding carboxylic acids is 1. The van der Waals surface area contributed by atoms with E-state index in [-0.39, 0.29) is 12.1 Å². The number of carbonyl (C=O) groups is 1. The van der Waals surface area contributed by atoms with Crippen molar-refractivity contribution < 1.29 is 9.53 Å². The van der Waals surface area contributed by atoms with Crippen molar-refractivity contribution in [1.82, 2.24) is 9.78 Å². The summed E-state index contributed by atoms with van der Waals surface area (Å²) in [4.78, 5) is 14.0. The summed E-state index contributed by atoms with van der Waals surface area (Å²) in [5, 5.41) is 7.97. The van der Waals surface area contributed by atoms with Gasteiger partial charge in [0, 0.05) is 12.0 Å². The second kappa shape index (κ2) is 5.75. The lowest BCUT2D eigenvalue weighted by Crippen LogP contribution is -2.34. The van der Waals surface area contributed by atoms with Crippen LogP contribution in [0.4, 0.5) is 0 Å². The van der Waals surface area contributed by atoms with Gasteiger partial charge in [0.05, 0.1) is 17.3 Å². The molecule has 7 nitrogen and oxygen atoms in total. The van der Waals surface area contributed by atoms with Crippen LogP contribution in [-0.4, -0.2) is 28.2 Å². The largest absolute Gasteiger partial charge is 0.474 e. The zero-order valence-corrected chi connectivity index (χ0v) is 11.1. The van der Waals surface area contributed by atoms with Gasteiger partial charge in [-0.2, -0.15) is 5.10 Å². The molecule has 2 rings (SSSR count). The lowest BCUT2D eigenvalue weighted by molar-refractivity contribution is 0.108. The Balaban J connectivity index is 2.23. The molecule has 1 saturated carbocycles. The number of hydrogen-bond donors (Lipinski definition) is 0. The number of aldehydes is 1. The maximum atomic E-state index is 11.1. The van der Waals surface area contributed by atoms with Gasteiger partial charge in [0.1, 0.15) is 6.10 Å². The molecule has 1 aliphatic carbocycles. The molecule has 0 spiro atoms. The molecule has 1 aromatic heterocycles. The first-order chi connectivity index (χ1) is 9.17. The summed E-state index contributed by atoms with van der Waals surface area (Å²) in [6.45, 7) is 1.77. The van der Waals surface area contributed by atoms with Crippen LogP contribution < -0.4 is 4.74 Å². The topological polar surface area (TPSA) is 92.9 Å². The van der Waals surface area contributed by atoms with Crippen molar-refractivity contribution in [2.45, 2.75) is 44.8 Å². The Morgan fingerprint density at radius 3 is 2.95 bits per heavy atom. The van der Waals surface area contributed by atoms with Crippen LogP contribution in [0.3, 0.4) is 0 Å². The van der Waals surface area contributed by atoms with Gasteiger partial charge in [-0.25, -0.2) is 4.68 Å². The standard InChI is InChI=1S/C12H17N5O2/c1-8-9(7-18)12(17(2)15-8)19-11-6-4-3-5-10(11)14-16-13/h7,10-11H,3-6H2,1-2H3/t10-,11-/m0/s1. The number of ether oxygens (including phenoxy) is 1. The minimum absolute atomic E-state index is 0.173. The number of aromatic nitrogens is 2. The van der Waals surface area contributed by atoms with Crippen molar-refractivity contribution in [3.05, 3.63) is 21.7 Å². The van der Waals surface area contributed by atoms with Crippen LogP contribution in [0.2, 0.25) is 0 Å². The molecule has 19 heavy (non-hydrogen) atoms. The highest BCUT2D eigenvalue weighted by Gasteiger charge is 2.28. The molecule has 0 aromatic carbocycles. The van der Waals surface area contributed by atoms with Crippen molar-refractivity contribution in [2.75, 3.05) is 0 Å². The molecular formula is C12H17N5O2. The monoisotopic (exact) mass is 263 g/mol. The van der Waals surface area contributed by atoms with E-state index in [1.165, 1.54) is 0 Å². The molecule has 2 atom stereocenters. The summed E-state index contributed by atoms with van der Waals surface area (Å²) in [6, 6.07) is -0.173. The summed E-state index contributed by atoms with van der Waals surface area (Å²) >= 11 is 0. The van der Waals surface area contributed by atoms with E-state index in [0.29, 0.717) is 17.1 Å². The molecule has 7 heteroatoms. The number of aryl methyl sites for hydroxylation is 2. The third-order valence-electron chi connectivity index (χ3n) is 3.46. The normalized spacial score (nSPS) is 22.6. The lowest BCUT2D eigenvalue weighted by Gasteiger charge is -2.28. The Kier molecular flexibility index (Phi) is 4.06. The van der Waals surface area contributed by atoms with Gasteiger partial charge in [0.15, 0.2) is 6.29 Å². The first kappa shape index (κ1) is 13.4. The fourth-order valence-corrected chi connectivity index (χ4v) is 2.49. The van der Waals surface area contributed by atoms with E-state index in [4.69, 9.17) is 10.3 Å². The molecular weight excluding hydrogens is 246 g/mol. The van der Waals surface area contributed by atoms with E-state index in [9.17, 15) is 4.79 Å². The minimum atomic E-state index is -0.182. The Morgan fingerprint density at radius 1 is 1.53 bits per heavy atom. The average molecular weight is 263 g/mol. The predicted octanol–water partition coefficient (Wildman–Crippen LogP) is 2.54. The molecule has 0 amide bonds. The highest BCUT2D eigenvalue weighted by Crippen LogP contribution is 2.28. The first-order valence-electron chi connectivity index (χ1n) is 6.37. The molecule has 1 aliphatic rings. The average Bonchev–Trinajstić information content (AvgIpc) is 2.66. The number of hydrogen-bond acceptors (Lipinski definition) is 4. The smallest absolute Gasteiger partial charge is 0.222 e. The van der Waals surface area contributed by atoms with Crippen LogP contribution in [0.25, 0.3) is 10.4 Å². The molecule has 1 heterocycles. The van der Waals surface area contributed by atoms with Gasteiger partial charge < -0.3 is 4.74 Å². The summed E-state index contributed by atoms with van der Waals surface area (Å²) < 4.78 is 7.45. The van der Waals surface area contributed by atoms with Crippen LogP contribution in [0.15, 0.2) is 5.11 Å². The van der Waals surface area contributed by atoms with Gasteiger partial charge in [-0.1, -0.05) is 11.5 Å². The highest BCUT2D eigenvalue weighted by atomic mass is 16.5. The molecule has 0 saturated heterocycles. The fraction of sp³-hybridized carbons (Fsp3) is 0.667. The zero-order valence-electron chi connectivity index (χ0n) is 11.1. The Bertz CT molecular complexity index is 518. The maximum absolute atomic E-state index is 11.1. The quantitative estimate of drug-likeness (QED) is 0.361. The van der Waals surface area contributed by atoms with Crippen LogP contribution in [0.1, 0.15) is 41.7 Å². The van der Waals surface area contributed by atoms with Crippen LogP contribution in [-0.2, 0) is 7.05 Å². The molecule has 0 unspecified atom stereocenters. The van der Waals surface area contributed by atoms with Gasteiger partial charge in [0.2, 0.25) is 5.88 Å². The van der Waals surface area contributed by atoms with E-state index >= 15 is 0 Å². The molecule has 0 bridgehead atoms. The van der Waals surface area contributed by atoms with Crippen LogP contribution in [0.5, 0.6) is 5.88 Å². The number of rotatable bonds is 4. The Hall–Kier alpha value is -2.01. The van der Waals surface area contributed by atoms with E-state index in [1.54, 1.807) is 18.7 Å². The zero-order chi connectivity index (χ0) is 13.8. The number of nitrogens with zero attached hydrogens (tertiary/aromatic N) is 5. The molecule has 1 aromatic rings. The molecule has 0 radical (unpaired) electrons. The fourth-order valence-electron chi connectivity index (χ4n) is 2.49. The van der Waals surface area contributed by atoms with Gasteiger partial charge in [-0.05, 0) is 31.7 Å². The third-order valence-corrected chi connectivity index (χ3v) is 3.46. The second-order valence-electron chi connectivity index (χ2n) is 4.76. The molecule has 0 aliphatic heterocycles. The SMILES string of the molecule is Cc1nn(C)c(O[C@H]2CCCC[C@@H]2N=[N+]=[N-])c1C=O. The van der Waals surface area contributed by atoms with E-state index in [1.807, 2.05) is 0 Å². The highest BCUT2D eigenvalue weighted by molar-refractivity contribution is 5.80. The number of azide groups is 1. The van der Waals surface area contributed by atoms with Crippen molar-refractivity contribution >= 4 is 6.29 Å². The Labute approximate surface area is 111 Å². The molecule has 102 valence electrons. The van der Waals surface area contributed by atoms with Crippen LogP contribution in [0, 0.1) is 6.92 Å². The summed E-state index contributed by atoms with van der Waals surface area (Å²) in [5.41, 5.74) is 9.70. The minimum Gasteiger partial charge on any atom is -0.474 e. The van der Waals surface area contributed by atoms with Crippen molar-refractivity contribution in [1.29, 1.82) is 0 Å². The van der Waals surface area contributed by atoms with Gasteiger partial charge in [-0.15, -0.1) is 0 Å². The van der Waals surface area contributed by atoms with Crippen molar-refractivity contribution in [3.8, 4) is 5.88 Å². The van der Waals surface area contributed by atoms with Crippen LogP contribution >= 0.6 is 0 Å². The predicted molar refractivity (Wildman–Crippen MR) is 69.2 cm³/mol. The maximum Gasteiger partial charge on any atom is 0.222 e. The van der Waals surface area contributed by atoms with Gasteiger partial charge in [-0.3, -0.25) is 4.79 Å². The first-order valence-corrected chi connectivity index (χ1v) is 6.37. The summed E-state index contributed by atoms with van der Waals surface area (Å²) in [6.07, 6.45) is 4.29. The Morgan fingerprint density at radius 2 is 2.26 bits per heavy atom. The molecule has 1 fully saturated rings.